The van der Waals surface area contributed by atoms with Crippen LogP contribution in [0.2, 0.25) is 0 Å². The van der Waals surface area contributed by atoms with Gasteiger partial charge in [-0.15, -0.1) is 0 Å². The molecule has 1 atom stereocenters. The van der Waals surface area contributed by atoms with Crippen molar-refractivity contribution in [3.05, 3.63) is 95.4 Å². The van der Waals surface area contributed by atoms with Crippen molar-refractivity contribution in [2.75, 3.05) is 13.7 Å². The fraction of sp³-hybridized carbons (Fsp3) is 0.167. The highest BCUT2D eigenvalue weighted by Gasteiger charge is 2.34. The van der Waals surface area contributed by atoms with Crippen LogP contribution in [0.1, 0.15) is 33.2 Å². The van der Waals surface area contributed by atoms with Crippen LogP contribution >= 0.6 is 0 Å². The summed E-state index contributed by atoms with van der Waals surface area (Å²) in [6.07, 6.45) is 4.14. The smallest absolute Gasteiger partial charge is 0.254 e. The Morgan fingerprint density at radius 1 is 1.07 bits per heavy atom. The summed E-state index contributed by atoms with van der Waals surface area (Å²) < 4.78 is 5.32. The lowest BCUT2D eigenvalue weighted by atomic mass is 9.91. The van der Waals surface area contributed by atoms with Crippen LogP contribution in [0, 0.1) is 0 Å². The molecule has 3 heterocycles. The molecule has 0 aliphatic carbocycles. The molecule has 4 aromatic rings. The first-order valence-corrected chi connectivity index (χ1v) is 9.70. The zero-order valence-corrected chi connectivity index (χ0v) is 16.1. The van der Waals surface area contributed by atoms with Crippen molar-refractivity contribution in [3.8, 4) is 5.75 Å². The lowest BCUT2D eigenvalue weighted by molar-refractivity contribution is 0.0692. The molecule has 1 aliphatic heterocycles. The number of H-pyrrole nitrogens is 1. The summed E-state index contributed by atoms with van der Waals surface area (Å²) in [6, 6.07) is 19.7. The number of methoxy groups -OCH3 is 1. The number of pyridine rings is 1. The summed E-state index contributed by atoms with van der Waals surface area (Å²) in [5, 5.41) is 1.23. The number of nitrogens with one attached hydrogen (secondary N) is 1. The number of benzene rings is 2. The molecule has 0 saturated carbocycles. The van der Waals surface area contributed by atoms with Crippen LogP contribution in [0.4, 0.5) is 0 Å². The number of nitrogens with zero attached hydrogens (tertiary/aromatic N) is 2. The van der Waals surface area contributed by atoms with Crippen LogP contribution in [0.5, 0.6) is 5.75 Å². The van der Waals surface area contributed by atoms with Crippen LogP contribution in [-0.4, -0.2) is 34.4 Å². The molecular formula is C24H21N3O2. The van der Waals surface area contributed by atoms with Gasteiger partial charge in [-0.2, -0.15) is 0 Å². The average Bonchev–Trinajstić information content (AvgIpc) is 3.17. The van der Waals surface area contributed by atoms with Crippen LogP contribution in [0.15, 0.2) is 73.1 Å². The predicted octanol–water partition coefficient (Wildman–Crippen LogP) is 4.36. The average molecular weight is 383 g/mol. The van der Waals surface area contributed by atoms with Gasteiger partial charge in [-0.3, -0.25) is 9.78 Å². The lowest BCUT2D eigenvalue weighted by Gasteiger charge is -2.36. The third-order valence-corrected chi connectivity index (χ3v) is 5.65. The summed E-state index contributed by atoms with van der Waals surface area (Å²) in [5.41, 5.74) is 5.19. The fourth-order valence-electron chi connectivity index (χ4n) is 4.25. The minimum absolute atomic E-state index is 0.0116. The highest BCUT2D eigenvalue weighted by atomic mass is 16.5. The first-order chi connectivity index (χ1) is 14.3. The van der Waals surface area contributed by atoms with Gasteiger partial charge >= 0.3 is 0 Å². The van der Waals surface area contributed by atoms with E-state index in [9.17, 15) is 4.79 Å². The van der Waals surface area contributed by atoms with E-state index in [0.29, 0.717) is 12.1 Å². The molecule has 0 unspecified atom stereocenters. The van der Waals surface area contributed by atoms with Crippen LogP contribution in [-0.2, 0) is 6.42 Å². The van der Waals surface area contributed by atoms with Crippen molar-refractivity contribution < 1.29 is 9.53 Å². The van der Waals surface area contributed by atoms with Crippen LogP contribution < -0.4 is 4.74 Å². The van der Waals surface area contributed by atoms with Crippen molar-refractivity contribution >= 4 is 16.8 Å². The van der Waals surface area contributed by atoms with Gasteiger partial charge in [0.1, 0.15) is 5.75 Å². The van der Waals surface area contributed by atoms with Gasteiger partial charge in [0.05, 0.1) is 13.2 Å². The van der Waals surface area contributed by atoms with Crippen molar-refractivity contribution in [1.82, 2.24) is 14.9 Å². The second-order valence-electron chi connectivity index (χ2n) is 7.22. The molecule has 2 aromatic heterocycles. The number of aromatic nitrogens is 2. The minimum atomic E-state index is -0.183. The van der Waals surface area contributed by atoms with Gasteiger partial charge < -0.3 is 14.6 Å². The molecular weight excluding hydrogens is 362 g/mol. The molecule has 2 aromatic carbocycles. The monoisotopic (exact) mass is 383 g/mol. The molecule has 29 heavy (non-hydrogen) atoms. The predicted molar refractivity (Wildman–Crippen MR) is 112 cm³/mol. The molecule has 1 amide bonds. The van der Waals surface area contributed by atoms with Crippen LogP contribution in [0.3, 0.4) is 0 Å². The number of hydrogen-bond donors (Lipinski definition) is 1. The second-order valence-corrected chi connectivity index (χ2v) is 7.22. The fourth-order valence-corrected chi connectivity index (χ4v) is 4.25. The zero-order chi connectivity index (χ0) is 19.8. The van der Waals surface area contributed by atoms with Crippen molar-refractivity contribution in [2.24, 2.45) is 0 Å². The van der Waals surface area contributed by atoms with Gasteiger partial charge in [-0.05, 0) is 47.9 Å². The van der Waals surface area contributed by atoms with E-state index in [0.717, 1.165) is 28.9 Å². The van der Waals surface area contributed by atoms with Crippen LogP contribution in [0.25, 0.3) is 10.9 Å². The van der Waals surface area contributed by atoms with E-state index in [1.165, 1.54) is 10.9 Å². The maximum atomic E-state index is 13.4. The topological polar surface area (TPSA) is 58.2 Å². The summed E-state index contributed by atoms with van der Waals surface area (Å²) in [5.74, 6) is 0.811. The Morgan fingerprint density at radius 3 is 2.59 bits per heavy atom. The molecule has 5 rings (SSSR count). The molecule has 0 saturated heterocycles. The number of ether oxygens (including phenoxy) is 1. The van der Waals surface area contributed by atoms with Gasteiger partial charge in [-0.25, -0.2) is 0 Å². The normalized spacial score (nSPS) is 15.9. The van der Waals surface area contributed by atoms with E-state index >= 15 is 0 Å². The molecule has 1 N–H and O–H groups in total. The molecule has 0 radical (unpaired) electrons. The molecule has 1 aliphatic rings. The highest BCUT2D eigenvalue weighted by molar-refractivity contribution is 5.95. The molecule has 0 bridgehead atoms. The third-order valence-electron chi connectivity index (χ3n) is 5.65. The number of fused-ring (bicyclic) bond motifs is 3. The molecule has 5 nitrogen and oxygen atoms in total. The standard InChI is InChI=1S/C24H21N3O2/c1-29-18-8-6-16(7-9-18)23-22-20(19-4-2-3-5-21(19)26-22)12-15-27(23)24(28)17-10-13-25-14-11-17/h2-11,13-14,23,26H,12,15H2,1H3/t23-/m1/s1. The van der Waals surface area contributed by atoms with E-state index < -0.39 is 0 Å². The van der Waals surface area contributed by atoms with E-state index in [1.54, 1.807) is 31.6 Å². The van der Waals surface area contributed by atoms with Gasteiger partial charge in [-0.1, -0.05) is 30.3 Å². The summed E-state index contributed by atoms with van der Waals surface area (Å²) in [6.45, 7) is 0.659. The van der Waals surface area contributed by atoms with Gasteiger partial charge in [0.25, 0.3) is 5.91 Å². The first kappa shape index (κ1) is 17.5. The minimum Gasteiger partial charge on any atom is -0.497 e. The molecule has 0 spiro atoms. The Labute approximate surface area is 169 Å². The van der Waals surface area contributed by atoms with E-state index in [-0.39, 0.29) is 11.9 Å². The zero-order valence-electron chi connectivity index (χ0n) is 16.1. The Balaban J connectivity index is 1.65. The number of rotatable bonds is 3. The van der Waals surface area contributed by atoms with Crippen molar-refractivity contribution in [1.29, 1.82) is 0 Å². The molecule has 5 heteroatoms. The first-order valence-electron chi connectivity index (χ1n) is 9.70. The largest absolute Gasteiger partial charge is 0.497 e. The van der Waals surface area contributed by atoms with Crippen molar-refractivity contribution in [2.45, 2.75) is 12.5 Å². The number of hydrogen-bond acceptors (Lipinski definition) is 3. The van der Waals surface area contributed by atoms with E-state index in [2.05, 4.69) is 28.2 Å². The number of aromatic amines is 1. The van der Waals surface area contributed by atoms with Gasteiger partial charge in [0.2, 0.25) is 0 Å². The van der Waals surface area contributed by atoms with Gasteiger partial charge in [0.15, 0.2) is 0 Å². The van der Waals surface area contributed by atoms with E-state index in [1.807, 2.05) is 35.2 Å². The van der Waals surface area contributed by atoms with Crippen molar-refractivity contribution in [3.63, 3.8) is 0 Å². The number of carbonyl (C=O) groups excluding carboxylic acids is 1. The SMILES string of the molecule is COc1ccc([C@@H]2c3[nH]c4ccccc4c3CCN2C(=O)c2ccncc2)cc1. The molecule has 144 valence electrons. The lowest BCUT2D eigenvalue weighted by Crippen LogP contribution is -2.40. The van der Waals surface area contributed by atoms with E-state index in [4.69, 9.17) is 4.74 Å². The maximum absolute atomic E-state index is 13.4. The summed E-state index contributed by atoms with van der Waals surface area (Å²) in [4.78, 5) is 23.0. The van der Waals surface area contributed by atoms with Gasteiger partial charge in [0, 0.05) is 41.1 Å². The summed E-state index contributed by atoms with van der Waals surface area (Å²) >= 11 is 0. The Hall–Kier alpha value is -3.60. The third kappa shape index (κ3) is 2.95. The number of amides is 1. The number of carbonyl (C=O) groups is 1. The Bertz CT molecular complexity index is 1170. The highest BCUT2D eigenvalue weighted by Crippen LogP contribution is 2.39. The molecule has 0 fully saturated rings. The maximum Gasteiger partial charge on any atom is 0.254 e. The summed E-state index contributed by atoms with van der Waals surface area (Å²) in [7, 11) is 1.66. The second kappa shape index (κ2) is 7.09. The quantitative estimate of drug-likeness (QED) is 0.572. The Kier molecular flexibility index (Phi) is 4.28. The Morgan fingerprint density at radius 2 is 1.83 bits per heavy atom. The number of para-hydroxylation sites is 1.